The minimum atomic E-state index is 0.453. The van der Waals surface area contributed by atoms with Gasteiger partial charge >= 0.3 is 0 Å². The van der Waals surface area contributed by atoms with Gasteiger partial charge in [0.15, 0.2) is 0 Å². The molecular weight excluding hydrogens is 267 g/mol. The van der Waals surface area contributed by atoms with E-state index in [-0.39, 0.29) is 0 Å². The lowest BCUT2D eigenvalue weighted by molar-refractivity contribution is 0.466. The molecule has 0 saturated heterocycles. The SMILES string of the molecule is CCSc1nnc(-c2ccc(Cl)c(Cl)c2)o1. The first-order chi connectivity index (χ1) is 7.70. The standard InChI is InChI=1S/C10H8Cl2N2OS/c1-2-16-10-14-13-9(15-10)6-3-4-7(11)8(12)5-6/h3-5H,2H2,1H3. The van der Waals surface area contributed by atoms with Crippen molar-refractivity contribution < 1.29 is 4.42 Å². The van der Waals surface area contributed by atoms with Gasteiger partial charge in [0.25, 0.3) is 5.22 Å². The predicted octanol–water partition coefficient (Wildman–Crippen LogP) is 4.16. The van der Waals surface area contributed by atoms with Crippen molar-refractivity contribution in [2.24, 2.45) is 0 Å². The van der Waals surface area contributed by atoms with Crippen LogP contribution < -0.4 is 0 Å². The molecule has 0 unspecified atom stereocenters. The summed E-state index contributed by atoms with van der Waals surface area (Å²) >= 11 is 13.2. The molecule has 0 fully saturated rings. The van der Waals surface area contributed by atoms with E-state index in [1.165, 1.54) is 11.8 Å². The monoisotopic (exact) mass is 274 g/mol. The van der Waals surface area contributed by atoms with Crippen LogP contribution in [0.15, 0.2) is 27.8 Å². The summed E-state index contributed by atoms with van der Waals surface area (Å²) in [6, 6.07) is 5.20. The van der Waals surface area contributed by atoms with Gasteiger partial charge in [-0.25, -0.2) is 0 Å². The van der Waals surface area contributed by atoms with E-state index in [0.717, 1.165) is 11.3 Å². The fraction of sp³-hybridized carbons (Fsp3) is 0.200. The van der Waals surface area contributed by atoms with Crippen molar-refractivity contribution >= 4 is 35.0 Å². The van der Waals surface area contributed by atoms with Crippen molar-refractivity contribution in [2.75, 3.05) is 5.75 Å². The normalized spacial score (nSPS) is 10.7. The number of hydrogen-bond acceptors (Lipinski definition) is 4. The fourth-order valence-electron chi connectivity index (χ4n) is 1.14. The fourth-order valence-corrected chi connectivity index (χ4v) is 1.92. The summed E-state index contributed by atoms with van der Waals surface area (Å²) in [7, 11) is 0. The summed E-state index contributed by atoms with van der Waals surface area (Å²) in [5, 5.41) is 9.38. The van der Waals surface area contributed by atoms with E-state index in [4.69, 9.17) is 27.6 Å². The molecule has 0 aliphatic carbocycles. The molecule has 0 atom stereocenters. The van der Waals surface area contributed by atoms with E-state index in [1.807, 2.05) is 6.92 Å². The highest BCUT2D eigenvalue weighted by atomic mass is 35.5. The van der Waals surface area contributed by atoms with Gasteiger partial charge in [-0.05, 0) is 24.0 Å². The van der Waals surface area contributed by atoms with E-state index in [9.17, 15) is 0 Å². The van der Waals surface area contributed by atoms with Gasteiger partial charge in [0, 0.05) is 5.56 Å². The van der Waals surface area contributed by atoms with Crippen molar-refractivity contribution in [1.29, 1.82) is 0 Å². The Bertz CT molecular complexity index is 501. The topological polar surface area (TPSA) is 38.9 Å². The first-order valence-corrected chi connectivity index (χ1v) is 6.36. The van der Waals surface area contributed by atoms with Gasteiger partial charge in [0.05, 0.1) is 10.0 Å². The average molecular weight is 275 g/mol. The summed E-state index contributed by atoms with van der Waals surface area (Å²) in [6.45, 7) is 2.02. The van der Waals surface area contributed by atoms with Gasteiger partial charge in [-0.1, -0.05) is 41.9 Å². The smallest absolute Gasteiger partial charge is 0.276 e. The van der Waals surface area contributed by atoms with Crippen LogP contribution in [-0.4, -0.2) is 16.0 Å². The molecule has 0 aliphatic rings. The molecule has 0 amide bonds. The molecule has 3 nitrogen and oxygen atoms in total. The van der Waals surface area contributed by atoms with Crippen LogP contribution in [-0.2, 0) is 0 Å². The van der Waals surface area contributed by atoms with Crippen molar-refractivity contribution in [2.45, 2.75) is 12.1 Å². The van der Waals surface area contributed by atoms with Gasteiger partial charge in [-0.3, -0.25) is 0 Å². The number of benzene rings is 1. The largest absolute Gasteiger partial charge is 0.411 e. The molecule has 0 bridgehead atoms. The molecule has 1 aromatic heterocycles. The zero-order valence-corrected chi connectivity index (χ0v) is 10.7. The van der Waals surface area contributed by atoms with Crippen LogP contribution in [0.5, 0.6) is 0 Å². The molecule has 6 heteroatoms. The molecule has 0 aliphatic heterocycles. The van der Waals surface area contributed by atoms with Crippen molar-refractivity contribution in [3.8, 4) is 11.5 Å². The van der Waals surface area contributed by atoms with Gasteiger partial charge in [-0.15, -0.1) is 10.2 Å². The number of rotatable bonds is 3. The third-order valence-electron chi connectivity index (χ3n) is 1.84. The molecule has 0 radical (unpaired) electrons. The van der Waals surface area contributed by atoms with Crippen LogP contribution in [0, 0.1) is 0 Å². The van der Waals surface area contributed by atoms with Gasteiger partial charge in [-0.2, -0.15) is 0 Å². The van der Waals surface area contributed by atoms with Crippen molar-refractivity contribution in [1.82, 2.24) is 10.2 Å². The first kappa shape index (κ1) is 11.8. The zero-order chi connectivity index (χ0) is 11.5. The third-order valence-corrected chi connectivity index (χ3v) is 3.28. The maximum Gasteiger partial charge on any atom is 0.276 e. The van der Waals surface area contributed by atoms with Gasteiger partial charge in [0.1, 0.15) is 0 Å². The molecule has 0 saturated carbocycles. The quantitative estimate of drug-likeness (QED) is 0.788. The highest BCUT2D eigenvalue weighted by Crippen LogP contribution is 2.29. The highest BCUT2D eigenvalue weighted by Gasteiger charge is 2.09. The lowest BCUT2D eigenvalue weighted by Gasteiger charge is -1.97. The summed E-state index contributed by atoms with van der Waals surface area (Å²) in [5.74, 6) is 1.35. The summed E-state index contributed by atoms with van der Waals surface area (Å²) in [6.07, 6.45) is 0. The van der Waals surface area contributed by atoms with E-state index in [1.54, 1.807) is 18.2 Å². The van der Waals surface area contributed by atoms with E-state index >= 15 is 0 Å². The Morgan fingerprint density at radius 1 is 1.25 bits per heavy atom. The minimum absolute atomic E-state index is 0.453. The summed E-state index contributed by atoms with van der Waals surface area (Å²) in [4.78, 5) is 0. The molecule has 16 heavy (non-hydrogen) atoms. The van der Waals surface area contributed by atoms with Crippen LogP contribution in [0.25, 0.3) is 11.5 Å². The molecule has 0 N–H and O–H groups in total. The summed E-state index contributed by atoms with van der Waals surface area (Å²) in [5.41, 5.74) is 0.768. The second-order valence-corrected chi connectivity index (χ2v) is 4.96. The molecular formula is C10H8Cl2N2OS. The second kappa shape index (κ2) is 5.08. The van der Waals surface area contributed by atoms with Crippen LogP contribution in [0.3, 0.4) is 0 Å². The van der Waals surface area contributed by atoms with Crippen LogP contribution in [0.1, 0.15) is 6.92 Å². The predicted molar refractivity (Wildman–Crippen MR) is 66.2 cm³/mol. The molecule has 2 aromatic rings. The number of hydrogen-bond donors (Lipinski definition) is 0. The minimum Gasteiger partial charge on any atom is -0.411 e. The maximum atomic E-state index is 5.90. The molecule has 1 aromatic carbocycles. The Kier molecular flexibility index (Phi) is 3.74. The van der Waals surface area contributed by atoms with Crippen LogP contribution >= 0.6 is 35.0 Å². The lowest BCUT2D eigenvalue weighted by Crippen LogP contribution is -1.78. The third kappa shape index (κ3) is 2.51. The number of aromatic nitrogens is 2. The zero-order valence-electron chi connectivity index (χ0n) is 8.41. The summed E-state index contributed by atoms with van der Waals surface area (Å²) < 4.78 is 5.44. The number of halogens is 2. The molecule has 2 rings (SSSR count). The Balaban J connectivity index is 2.31. The van der Waals surface area contributed by atoms with E-state index < -0.39 is 0 Å². The number of thioether (sulfide) groups is 1. The van der Waals surface area contributed by atoms with Crippen molar-refractivity contribution in [3.05, 3.63) is 28.2 Å². The second-order valence-electron chi connectivity index (χ2n) is 2.94. The Morgan fingerprint density at radius 2 is 2.06 bits per heavy atom. The average Bonchev–Trinajstić information content (AvgIpc) is 2.71. The first-order valence-electron chi connectivity index (χ1n) is 4.62. The molecule has 0 spiro atoms. The lowest BCUT2D eigenvalue weighted by atomic mass is 10.2. The Labute approximate surface area is 107 Å². The van der Waals surface area contributed by atoms with E-state index in [0.29, 0.717) is 21.2 Å². The maximum absolute atomic E-state index is 5.90. The van der Waals surface area contributed by atoms with Crippen LogP contribution in [0.2, 0.25) is 10.0 Å². The van der Waals surface area contributed by atoms with Crippen molar-refractivity contribution in [3.63, 3.8) is 0 Å². The molecule has 1 heterocycles. The Morgan fingerprint density at radius 3 is 2.75 bits per heavy atom. The number of nitrogens with zero attached hydrogens (tertiary/aromatic N) is 2. The molecule has 84 valence electrons. The highest BCUT2D eigenvalue weighted by molar-refractivity contribution is 7.99. The Hall–Kier alpha value is -0.710. The van der Waals surface area contributed by atoms with Crippen LogP contribution in [0.4, 0.5) is 0 Å². The van der Waals surface area contributed by atoms with E-state index in [2.05, 4.69) is 10.2 Å². The van der Waals surface area contributed by atoms with Gasteiger partial charge in [0.2, 0.25) is 5.89 Å². The van der Waals surface area contributed by atoms with Gasteiger partial charge < -0.3 is 4.42 Å².